The molecule has 1 aromatic carbocycles. The number of nitrogens with one attached hydrogen (secondary N) is 2. The first-order chi connectivity index (χ1) is 10.2. The van der Waals surface area contributed by atoms with Crippen molar-refractivity contribution in [2.24, 2.45) is 0 Å². The molecular formula is C14H18ClN3O2S. The fourth-order valence-electron chi connectivity index (χ4n) is 1.80. The van der Waals surface area contributed by atoms with E-state index in [4.69, 9.17) is 16.3 Å². The van der Waals surface area contributed by atoms with Gasteiger partial charge in [-0.15, -0.1) is 11.3 Å². The number of thiazole rings is 1. The fourth-order valence-corrected chi connectivity index (χ4v) is 2.92. The highest BCUT2D eigenvalue weighted by Crippen LogP contribution is 2.24. The summed E-state index contributed by atoms with van der Waals surface area (Å²) < 4.78 is 6.00. The van der Waals surface area contributed by atoms with E-state index in [-0.39, 0.29) is 5.91 Å². The topological polar surface area (TPSA) is 63.2 Å². The minimum absolute atomic E-state index is 0.0183. The van der Waals surface area contributed by atoms with E-state index in [0.717, 1.165) is 21.6 Å². The highest BCUT2D eigenvalue weighted by molar-refractivity contribution is 7.18. The smallest absolute Gasteiger partial charge is 0.233 e. The average Bonchev–Trinajstić information content (AvgIpc) is 2.85. The van der Waals surface area contributed by atoms with Gasteiger partial charge in [0.25, 0.3) is 0 Å². The molecule has 114 valence electrons. The lowest BCUT2D eigenvalue weighted by Gasteiger charge is -2.05. The molecule has 0 spiro atoms. The first-order valence-electron chi connectivity index (χ1n) is 6.70. The summed E-state index contributed by atoms with van der Waals surface area (Å²) in [4.78, 5) is 16.1. The first-order valence-corrected chi connectivity index (χ1v) is 7.90. The number of benzene rings is 1. The summed E-state index contributed by atoms with van der Waals surface area (Å²) in [7, 11) is 1.63. The highest BCUT2D eigenvalue weighted by Gasteiger charge is 2.05. The van der Waals surface area contributed by atoms with Gasteiger partial charge in [0.2, 0.25) is 5.91 Å². The molecule has 21 heavy (non-hydrogen) atoms. The van der Waals surface area contributed by atoms with Crippen LogP contribution in [0.1, 0.15) is 5.01 Å². The van der Waals surface area contributed by atoms with Crippen LogP contribution in [0.3, 0.4) is 0 Å². The molecule has 0 aliphatic carbocycles. The number of ether oxygens (including phenoxy) is 1. The zero-order valence-electron chi connectivity index (χ0n) is 11.8. The molecule has 0 radical (unpaired) electrons. The third-order valence-corrected chi connectivity index (χ3v) is 4.15. The van der Waals surface area contributed by atoms with E-state index in [1.807, 2.05) is 18.2 Å². The predicted molar refractivity (Wildman–Crippen MR) is 86.1 cm³/mol. The van der Waals surface area contributed by atoms with Crippen LogP contribution in [-0.2, 0) is 16.0 Å². The Kier molecular flexibility index (Phi) is 6.38. The van der Waals surface area contributed by atoms with E-state index >= 15 is 0 Å². The number of amides is 1. The van der Waals surface area contributed by atoms with Crippen molar-refractivity contribution in [3.8, 4) is 0 Å². The van der Waals surface area contributed by atoms with Crippen LogP contribution < -0.4 is 10.6 Å². The molecule has 2 rings (SSSR count). The number of nitrogens with zero attached hydrogens (tertiary/aromatic N) is 1. The van der Waals surface area contributed by atoms with Gasteiger partial charge in [-0.1, -0.05) is 11.6 Å². The van der Waals surface area contributed by atoms with Crippen LogP contribution in [0.25, 0.3) is 10.2 Å². The van der Waals surface area contributed by atoms with Crippen LogP contribution in [0, 0.1) is 0 Å². The minimum Gasteiger partial charge on any atom is -0.383 e. The standard InChI is InChI=1S/C14H18ClN3O2S/c1-20-7-6-16-9-13(19)17-5-4-14-18-11-8-10(15)2-3-12(11)21-14/h2-3,8,16H,4-7,9H2,1H3,(H,17,19). The number of carbonyl (C=O) groups is 1. The summed E-state index contributed by atoms with van der Waals surface area (Å²) >= 11 is 7.57. The summed E-state index contributed by atoms with van der Waals surface area (Å²) in [6.45, 7) is 2.15. The maximum Gasteiger partial charge on any atom is 0.233 e. The van der Waals surface area contributed by atoms with Crippen LogP contribution in [0.4, 0.5) is 0 Å². The van der Waals surface area contributed by atoms with Crippen molar-refractivity contribution in [3.05, 3.63) is 28.2 Å². The van der Waals surface area contributed by atoms with Gasteiger partial charge in [-0.25, -0.2) is 4.98 Å². The molecule has 0 aliphatic heterocycles. The molecule has 0 fully saturated rings. The molecule has 7 heteroatoms. The number of halogens is 1. The second kappa shape index (κ2) is 8.29. The number of rotatable bonds is 8. The second-order valence-corrected chi connectivity index (χ2v) is 6.04. The van der Waals surface area contributed by atoms with E-state index < -0.39 is 0 Å². The van der Waals surface area contributed by atoms with Gasteiger partial charge in [-0.05, 0) is 18.2 Å². The Bertz CT molecular complexity index is 603. The third-order valence-electron chi connectivity index (χ3n) is 2.82. The monoisotopic (exact) mass is 327 g/mol. The average molecular weight is 328 g/mol. The Morgan fingerprint density at radius 2 is 2.29 bits per heavy atom. The Hall–Kier alpha value is -1.21. The number of aromatic nitrogens is 1. The maximum atomic E-state index is 11.6. The molecule has 0 aliphatic rings. The van der Waals surface area contributed by atoms with Gasteiger partial charge >= 0.3 is 0 Å². The lowest BCUT2D eigenvalue weighted by molar-refractivity contribution is -0.120. The molecule has 1 aromatic heterocycles. The van der Waals surface area contributed by atoms with Crippen LogP contribution in [0.5, 0.6) is 0 Å². The molecule has 0 saturated carbocycles. The molecule has 0 unspecified atom stereocenters. The van der Waals surface area contributed by atoms with Crippen molar-refractivity contribution in [1.29, 1.82) is 0 Å². The molecule has 2 N–H and O–H groups in total. The van der Waals surface area contributed by atoms with Gasteiger partial charge in [-0.3, -0.25) is 4.79 Å². The van der Waals surface area contributed by atoms with Crippen molar-refractivity contribution < 1.29 is 9.53 Å². The summed E-state index contributed by atoms with van der Waals surface area (Å²) in [5, 5.41) is 7.55. The van der Waals surface area contributed by atoms with Crippen LogP contribution in [0.15, 0.2) is 18.2 Å². The largest absolute Gasteiger partial charge is 0.383 e. The second-order valence-electron chi connectivity index (χ2n) is 4.49. The number of hydrogen-bond acceptors (Lipinski definition) is 5. The number of fused-ring (bicyclic) bond motifs is 1. The molecule has 5 nitrogen and oxygen atoms in total. The molecule has 0 atom stereocenters. The first kappa shape index (κ1) is 16.2. The molecular weight excluding hydrogens is 310 g/mol. The normalized spacial score (nSPS) is 11.0. The van der Waals surface area contributed by atoms with Crippen molar-refractivity contribution in [2.45, 2.75) is 6.42 Å². The number of carbonyl (C=O) groups excluding carboxylic acids is 1. The summed E-state index contributed by atoms with van der Waals surface area (Å²) in [5.41, 5.74) is 0.912. The Morgan fingerprint density at radius 3 is 3.10 bits per heavy atom. The Balaban J connectivity index is 1.73. The maximum absolute atomic E-state index is 11.6. The fraction of sp³-hybridized carbons (Fsp3) is 0.429. The minimum atomic E-state index is -0.0183. The van der Waals surface area contributed by atoms with Gasteiger partial charge in [0.1, 0.15) is 0 Å². The summed E-state index contributed by atoms with van der Waals surface area (Å²) in [6, 6.07) is 5.69. The SMILES string of the molecule is COCCNCC(=O)NCCc1nc2cc(Cl)ccc2s1. The quantitative estimate of drug-likeness (QED) is 0.726. The van der Waals surface area contributed by atoms with Crippen molar-refractivity contribution in [1.82, 2.24) is 15.6 Å². The number of hydrogen-bond donors (Lipinski definition) is 2. The molecule has 0 bridgehead atoms. The van der Waals surface area contributed by atoms with Crippen molar-refractivity contribution >= 4 is 39.1 Å². The van der Waals surface area contributed by atoms with E-state index in [1.165, 1.54) is 0 Å². The Labute approximate surface area is 132 Å². The van der Waals surface area contributed by atoms with Crippen LogP contribution >= 0.6 is 22.9 Å². The molecule has 2 aromatic rings. The van der Waals surface area contributed by atoms with E-state index in [0.29, 0.717) is 31.3 Å². The van der Waals surface area contributed by atoms with Gasteiger partial charge < -0.3 is 15.4 Å². The van der Waals surface area contributed by atoms with E-state index in [2.05, 4.69) is 15.6 Å². The summed E-state index contributed by atoms with van der Waals surface area (Å²) in [5.74, 6) is -0.0183. The van der Waals surface area contributed by atoms with Crippen LogP contribution in [0.2, 0.25) is 5.02 Å². The van der Waals surface area contributed by atoms with E-state index in [9.17, 15) is 4.79 Å². The summed E-state index contributed by atoms with van der Waals surface area (Å²) in [6.07, 6.45) is 0.723. The van der Waals surface area contributed by atoms with Gasteiger partial charge in [-0.2, -0.15) is 0 Å². The molecule has 1 amide bonds. The van der Waals surface area contributed by atoms with Crippen molar-refractivity contribution in [3.63, 3.8) is 0 Å². The molecule has 0 saturated heterocycles. The van der Waals surface area contributed by atoms with Crippen LogP contribution in [-0.4, -0.2) is 44.2 Å². The molecule has 1 heterocycles. The van der Waals surface area contributed by atoms with Crippen molar-refractivity contribution in [2.75, 3.05) is 33.4 Å². The van der Waals surface area contributed by atoms with Gasteiger partial charge in [0, 0.05) is 31.6 Å². The lowest BCUT2D eigenvalue weighted by Crippen LogP contribution is -2.36. The van der Waals surface area contributed by atoms with Gasteiger partial charge in [0.05, 0.1) is 28.4 Å². The Morgan fingerprint density at radius 1 is 1.43 bits per heavy atom. The van der Waals surface area contributed by atoms with E-state index in [1.54, 1.807) is 18.4 Å². The predicted octanol–water partition coefficient (Wildman–Crippen LogP) is 1.84. The van der Waals surface area contributed by atoms with Gasteiger partial charge in [0.15, 0.2) is 0 Å². The lowest BCUT2D eigenvalue weighted by atomic mass is 10.3. The third kappa shape index (κ3) is 5.24. The highest BCUT2D eigenvalue weighted by atomic mass is 35.5. The zero-order valence-corrected chi connectivity index (χ0v) is 13.4. The number of methoxy groups -OCH3 is 1. The zero-order chi connectivity index (χ0) is 15.1.